The van der Waals surface area contributed by atoms with E-state index in [1.165, 1.54) is 51.2 Å². The van der Waals surface area contributed by atoms with Crippen LogP contribution in [0.15, 0.2) is 60.7 Å². The number of aryl methyl sites for hydroxylation is 1. The van der Waals surface area contributed by atoms with Crippen molar-refractivity contribution in [3.05, 3.63) is 71.8 Å². The van der Waals surface area contributed by atoms with E-state index in [4.69, 9.17) is 4.74 Å². The molecule has 2 aromatic rings. The number of unbranched alkanes of at least 4 members (excludes halogenated alkanes) is 1. The number of methoxy groups -OCH3 is 1. The molecule has 5 unspecified atom stereocenters. The van der Waals surface area contributed by atoms with E-state index in [2.05, 4.69) is 72.8 Å². The summed E-state index contributed by atoms with van der Waals surface area (Å²) in [5, 5.41) is 10.8. The lowest BCUT2D eigenvalue weighted by Crippen LogP contribution is -2.46. The minimum atomic E-state index is -0.685. The number of alkyl carbamates (subject to hydrolysis) is 1. The summed E-state index contributed by atoms with van der Waals surface area (Å²) in [6, 6.07) is 19.2. The second-order valence-corrected chi connectivity index (χ2v) is 15.2. The minimum Gasteiger partial charge on any atom is -0.468 e. The predicted octanol–water partition coefficient (Wildman–Crippen LogP) is 7.69. The van der Waals surface area contributed by atoms with Crippen LogP contribution in [0.5, 0.6) is 0 Å². The Morgan fingerprint density at radius 2 is 1.45 bits per heavy atom. The van der Waals surface area contributed by atoms with Crippen LogP contribution >= 0.6 is 0 Å². The molecular formula is C44H72N4O7. The largest absolute Gasteiger partial charge is 0.468 e. The Morgan fingerprint density at radius 1 is 0.873 bits per heavy atom. The average molecular weight is 769 g/mol. The Balaban J connectivity index is 0.000000857. The maximum atomic E-state index is 12.3. The first-order valence-corrected chi connectivity index (χ1v) is 20.0. The van der Waals surface area contributed by atoms with E-state index in [9.17, 15) is 24.0 Å². The van der Waals surface area contributed by atoms with E-state index in [0.29, 0.717) is 30.7 Å². The normalized spacial score (nSPS) is 16.2. The first kappa shape index (κ1) is 50.6. The zero-order valence-corrected chi connectivity index (χ0v) is 35.4. The number of benzene rings is 2. The highest BCUT2D eigenvalue weighted by molar-refractivity contribution is 5.84. The third-order valence-electron chi connectivity index (χ3n) is 9.02. The molecule has 0 bridgehead atoms. The van der Waals surface area contributed by atoms with Crippen LogP contribution in [0, 0.1) is 24.7 Å². The molecule has 310 valence electrons. The topological polar surface area (TPSA) is 152 Å². The number of nitrogens with one attached hydrogen (secondary N) is 4. The average Bonchev–Trinajstić information content (AvgIpc) is 3.16. The van der Waals surface area contributed by atoms with E-state index in [0.717, 1.165) is 12.0 Å². The van der Waals surface area contributed by atoms with E-state index in [1.54, 1.807) is 6.92 Å². The second kappa shape index (κ2) is 29.9. The van der Waals surface area contributed by atoms with Crippen LogP contribution in [0.4, 0.5) is 4.79 Å². The lowest BCUT2D eigenvalue weighted by atomic mass is 9.76. The van der Waals surface area contributed by atoms with Gasteiger partial charge in [-0.2, -0.15) is 0 Å². The van der Waals surface area contributed by atoms with Crippen LogP contribution in [0.25, 0.3) is 0 Å². The zero-order chi connectivity index (χ0) is 41.6. The molecule has 1 fully saturated rings. The zero-order valence-electron chi connectivity index (χ0n) is 35.4. The van der Waals surface area contributed by atoms with E-state index in [-0.39, 0.29) is 43.3 Å². The summed E-state index contributed by atoms with van der Waals surface area (Å²) < 4.78 is 9.79. The van der Waals surface area contributed by atoms with Gasteiger partial charge in [-0.15, -0.1) is 0 Å². The standard InChI is InChI=1S/C18H25N3O5.C15H29NO2.C7H8.C4H10/c1-13(8-16(23)19-11-17(24)26-2)10-20-18(25)15(21-12-22)9-14-6-4-3-5-7-14;1-6-11(2)12-9-7-8-10-13(12)16-14(17)18-15(3,4)5;1-7-5-3-2-4-6-7;1-3-4-2/h3-7,12-13,15H,8-11H2,1-2H3,(H,19,23)(H,20,25)(H,21,22);11-13H,6-10H2,1-5H3,(H,16,17);2-6H,1H3;3-4H2,1-2H3. The Kier molecular flexibility index (Phi) is 27.5. The second-order valence-electron chi connectivity index (χ2n) is 15.2. The fraction of sp³-hybridized carbons (Fsp3) is 0.614. The summed E-state index contributed by atoms with van der Waals surface area (Å²) in [5.74, 6) is 0.00137. The molecule has 55 heavy (non-hydrogen) atoms. The van der Waals surface area contributed by atoms with Gasteiger partial charge in [0, 0.05) is 25.4 Å². The minimum absolute atomic E-state index is 0.134. The maximum absolute atomic E-state index is 12.3. The van der Waals surface area contributed by atoms with Crippen LogP contribution in [0.1, 0.15) is 118 Å². The van der Waals surface area contributed by atoms with Gasteiger partial charge in [0.05, 0.1) is 7.11 Å². The van der Waals surface area contributed by atoms with Gasteiger partial charge in [0.15, 0.2) is 0 Å². The lowest BCUT2D eigenvalue weighted by Gasteiger charge is -2.36. The van der Waals surface area contributed by atoms with Crippen LogP contribution in [0.2, 0.25) is 0 Å². The van der Waals surface area contributed by atoms with Gasteiger partial charge in [-0.1, -0.05) is 133 Å². The monoisotopic (exact) mass is 769 g/mol. The van der Waals surface area contributed by atoms with Gasteiger partial charge in [0.2, 0.25) is 18.2 Å². The lowest BCUT2D eigenvalue weighted by molar-refractivity contribution is -0.141. The Morgan fingerprint density at radius 3 is 1.95 bits per heavy atom. The predicted molar refractivity (Wildman–Crippen MR) is 221 cm³/mol. The molecule has 1 saturated carbocycles. The van der Waals surface area contributed by atoms with Gasteiger partial charge >= 0.3 is 12.1 Å². The summed E-state index contributed by atoms with van der Waals surface area (Å²) in [7, 11) is 1.24. The number of carbonyl (C=O) groups excluding carboxylic acids is 5. The third-order valence-corrected chi connectivity index (χ3v) is 9.02. The molecule has 0 saturated heterocycles. The van der Waals surface area contributed by atoms with Crippen LogP contribution in [0.3, 0.4) is 0 Å². The van der Waals surface area contributed by atoms with Crippen LogP contribution < -0.4 is 21.3 Å². The Labute approximate surface area is 331 Å². The molecule has 11 nitrogen and oxygen atoms in total. The summed E-state index contributed by atoms with van der Waals surface area (Å²) in [6.45, 7) is 18.6. The van der Waals surface area contributed by atoms with Crippen molar-refractivity contribution < 1.29 is 33.4 Å². The number of hydrogen-bond donors (Lipinski definition) is 4. The highest BCUT2D eigenvalue weighted by atomic mass is 16.6. The Hall–Kier alpha value is -4.41. The first-order valence-electron chi connectivity index (χ1n) is 20.0. The molecule has 2 aromatic carbocycles. The summed E-state index contributed by atoms with van der Waals surface area (Å²) >= 11 is 0. The molecule has 3 rings (SSSR count). The van der Waals surface area contributed by atoms with Crippen molar-refractivity contribution in [2.45, 2.75) is 138 Å². The maximum Gasteiger partial charge on any atom is 0.407 e. The third kappa shape index (κ3) is 26.1. The molecule has 4 N–H and O–H groups in total. The van der Waals surface area contributed by atoms with Gasteiger partial charge in [-0.25, -0.2) is 4.79 Å². The van der Waals surface area contributed by atoms with Gasteiger partial charge in [0.25, 0.3) is 0 Å². The molecule has 0 aromatic heterocycles. The van der Waals surface area contributed by atoms with Crippen molar-refractivity contribution in [1.29, 1.82) is 0 Å². The molecular weight excluding hydrogens is 697 g/mol. The van der Waals surface area contributed by atoms with Crippen molar-refractivity contribution in [2.24, 2.45) is 17.8 Å². The van der Waals surface area contributed by atoms with Crippen LogP contribution in [-0.2, 0) is 35.1 Å². The Bertz CT molecular complexity index is 1330. The van der Waals surface area contributed by atoms with Crippen molar-refractivity contribution in [3.63, 3.8) is 0 Å². The molecule has 11 heteroatoms. The first-order chi connectivity index (χ1) is 26.1. The quantitative estimate of drug-likeness (QED) is 0.107. The number of rotatable bonds is 15. The fourth-order valence-electron chi connectivity index (χ4n) is 5.58. The van der Waals surface area contributed by atoms with Gasteiger partial charge < -0.3 is 30.7 Å². The van der Waals surface area contributed by atoms with E-state index in [1.807, 2.05) is 69.3 Å². The number of amides is 4. The fourth-order valence-corrected chi connectivity index (χ4v) is 5.58. The van der Waals surface area contributed by atoms with Gasteiger partial charge in [-0.3, -0.25) is 19.2 Å². The number of ether oxygens (including phenoxy) is 2. The van der Waals surface area contributed by atoms with Crippen molar-refractivity contribution >= 4 is 30.3 Å². The number of hydrogen-bond acceptors (Lipinski definition) is 7. The summed E-state index contributed by atoms with van der Waals surface area (Å²) in [6.07, 6.45) is 9.41. The number of carbonyl (C=O) groups is 5. The summed E-state index contributed by atoms with van der Waals surface area (Å²) in [5.41, 5.74) is 1.84. The molecule has 4 amide bonds. The smallest absolute Gasteiger partial charge is 0.407 e. The van der Waals surface area contributed by atoms with Crippen LogP contribution in [-0.4, -0.2) is 68.2 Å². The van der Waals surface area contributed by atoms with E-state index < -0.39 is 17.6 Å². The molecule has 0 aliphatic heterocycles. The summed E-state index contributed by atoms with van der Waals surface area (Å²) in [4.78, 5) is 57.6. The van der Waals surface area contributed by atoms with Gasteiger partial charge in [-0.05, 0) is 63.9 Å². The molecule has 5 atom stereocenters. The molecule has 1 aliphatic carbocycles. The van der Waals surface area contributed by atoms with Crippen molar-refractivity contribution in [3.8, 4) is 0 Å². The molecule has 0 heterocycles. The van der Waals surface area contributed by atoms with Crippen molar-refractivity contribution in [2.75, 3.05) is 20.2 Å². The van der Waals surface area contributed by atoms with Crippen molar-refractivity contribution in [1.82, 2.24) is 21.3 Å². The number of esters is 1. The SMILES string of the molecule is CCC(C)C1CCCCC1NC(=O)OC(C)(C)C.CCCC.COC(=O)CNC(=O)CC(C)CNC(=O)C(Cc1ccccc1)NC=O.Cc1ccccc1. The van der Waals surface area contributed by atoms with Gasteiger partial charge in [0.1, 0.15) is 18.2 Å². The highest BCUT2D eigenvalue weighted by Crippen LogP contribution is 2.32. The molecule has 1 aliphatic rings. The highest BCUT2D eigenvalue weighted by Gasteiger charge is 2.31. The molecule has 0 spiro atoms. The molecule has 0 radical (unpaired) electrons. The van der Waals surface area contributed by atoms with E-state index >= 15 is 0 Å².